The number of carbonyl (C=O) groups excluding carboxylic acids is 1. The third-order valence-corrected chi connectivity index (χ3v) is 5.21. The fraction of sp³-hybridized carbons (Fsp3) is 0.545. The summed E-state index contributed by atoms with van der Waals surface area (Å²) in [6, 6.07) is 1.29. The molecule has 1 N–H and O–H groups in total. The molecule has 0 saturated heterocycles. The lowest BCUT2D eigenvalue weighted by Gasteiger charge is -2.22. The van der Waals surface area contributed by atoms with Crippen LogP contribution in [-0.2, 0) is 13.8 Å². The van der Waals surface area contributed by atoms with Crippen LogP contribution in [0, 0.1) is 6.92 Å². The third kappa shape index (κ3) is 4.45. The van der Waals surface area contributed by atoms with Gasteiger partial charge in [0.2, 0.25) is 0 Å². The van der Waals surface area contributed by atoms with E-state index in [4.69, 9.17) is 15.4 Å². The number of nitrogens with one attached hydrogen (secondary N) is 1. The first-order chi connectivity index (χ1) is 8.57. The summed E-state index contributed by atoms with van der Waals surface area (Å²) < 4.78 is 27.7. The summed E-state index contributed by atoms with van der Waals surface area (Å²) in [5.74, 6) is -0.343. The molecule has 0 atom stereocenters. The van der Waals surface area contributed by atoms with Crippen LogP contribution in [0.25, 0.3) is 0 Å². The second-order valence-corrected chi connectivity index (χ2v) is 8.41. The Morgan fingerprint density at radius 1 is 1.53 bits per heavy atom. The molecule has 5 nitrogen and oxygen atoms in total. The molecular formula is C11H16ClNO4S2. The second-order valence-electron chi connectivity index (χ2n) is 4.62. The molecule has 1 amide bonds. The zero-order valence-corrected chi connectivity index (χ0v) is 13.5. The summed E-state index contributed by atoms with van der Waals surface area (Å²) in [4.78, 5) is 12.7. The van der Waals surface area contributed by atoms with Gasteiger partial charge in [-0.3, -0.25) is 4.79 Å². The number of carbonyl (C=O) groups is 1. The topological polar surface area (TPSA) is 72.5 Å². The molecule has 1 rings (SSSR count). The highest BCUT2D eigenvalue weighted by atomic mass is 35.7. The minimum absolute atomic E-state index is 0.0182. The van der Waals surface area contributed by atoms with Gasteiger partial charge in [-0.15, -0.1) is 11.3 Å². The monoisotopic (exact) mass is 325 g/mol. The maximum absolute atomic E-state index is 11.9. The van der Waals surface area contributed by atoms with Crippen molar-refractivity contribution in [3.8, 4) is 0 Å². The number of rotatable bonds is 5. The van der Waals surface area contributed by atoms with Crippen LogP contribution in [0.4, 0.5) is 0 Å². The lowest BCUT2D eigenvalue weighted by Crippen LogP contribution is -2.39. The average Bonchev–Trinajstić information content (AvgIpc) is 2.68. The van der Waals surface area contributed by atoms with Gasteiger partial charge in [-0.2, -0.15) is 0 Å². The van der Waals surface area contributed by atoms with E-state index in [2.05, 4.69) is 5.32 Å². The molecule has 0 aromatic carbocycles. The predicted octanol–water partition coefficient (Wildman–Crippen LogP) is 2.14. The lowest BCUT2D eigenvalue weighted by molar-refractivity contribution is 0.0229. The van der Waals surface area contributed by atoms with Crippen LogP contribution < -0.4 is 5.32 Å². The van der Waals surface area contributed by atoms with Crippen molar-refractivity contribution in [3.63, 3.8) is 0 Å². The fourth-order valence-electron chi connectivity index (χ4n) is 1.27. The average molecular weight is 326 g/mol. The number of thiophene rings is 1. The Hall–Kier alpha value is -0.630. The largest absolute Gasteiger partial charge is 0.377 e. The molecular weight excluding hydrogens is 310 g/mol. The molecule has 0 spiro atoms. The molecule has 108 valence electrons. The van der Waals surface area contributed by atoms with Crippen molar-refractivity contribution >= 4 is 37.0 Å². The van der Waals surface area contributed by atoms with Crippen LogP contribution in [0.5, 0.6) is 0 Å². The van der Waals surface area contributed by atoms with E-state index in [1.807, 2.05) is 13.8 Å². The molecule has 0 radical (unpaired) electrons. The summed E-state index contributed by atoms with van der Waals surface area (Å²) in [6.45, 7) is 5.60. The van der Waals surface area contributed by atoms with Crippen molar-refractivity contribution in [1.29, 1.82) is 0 Å². The van der Waals surface area contributed by atoms with Gasteiger partial charge in [0.15, 0.2) is 0 Å². The van der Waals surface area contributed by atoms with E-state index in [1.165, 1.54) is 6.07 Å². The summed E-state index contributed by atoms with van der Waals surface area (Å²) in [6.07, 6.45) is 0. The molecule has 1 heterocycles. The highest BCUT2D eigenvalue weighted by Gasteiger charge is 2.22. The van der Waals surface area contributed by atoms with Crippen molar-refractivity contribution in [2.45, 2.75) is 31.3 Å². The molecule has 1 aromatic heterocycles. The van der Waals surface area contributed by atoms with Gasteiger partial charge in [0.1, 0.15) is 0 Å². The molecule has 0 saturated carbocycles. The quantitative estimate of drug-likeness (QED) is 0.842. The van der Waals surface area contributed by atoms with Gasteiger partial charge in [0, 0.05) is 29.2 Å². The molecule has 0 aliphatic carbocycles. The zero-order valence-electron chi connectivity index (χ0n) is 11.1. The molecule has 8 heteroatoms. The first kappa shape index (κ1) is 16.4. The van der Waals surface area contributed by atoms with Gasteiger partial charge < -0.3 is 10.1 Å². The van der Waals surface area contributed by atoms with E-state index in [1.54, 1.807) is 14.0 Å². The first-order valence-corrected chi connectivity index (χ1v) is 8.58. The Labute approximate surface area is 121 Å². The van der Waals surface area contributed by atoms with Gasteiger partial charge in [-0.1, -0.05) is 0 Å². The van der Waals surface area contributed by atoms with Crippen molar-refractivity contribution in [2.24, 2.45) is 0 Å². The molecule has 0 aliphatic heterocycles. The van der Waals surface area contributed by atoms with Gasteiger partial charge in [0.25, 0.3) is 15.0 Å². The van der Waals surface area contributed by atoms with Gasteiger partial charge in [-0.25, -0.2) is 8.42 Å². The number of hydrogen-bond donors (Lipinski definition) is 1. The number of halogens is 1. The SMILES string of the molecule is COC(C)(C)CNC(=O)c1cc(S(=O)(=O)Cl)c(C)s1. The predicted molar refractivity (Wildman–Crippen MR) is 75.5 cm³/mol. The fourth-order valence-corrected chi connectivity index (χ4v) is 3.85. The lowest BCUT2D eigenvalue weighted by atomic mass is 10.1. The molecule has 1 aromatic rings. The number of aryl methyl sites for hydroxylation is 1. The summed E-state index contributed by atoms with van der Waals surface area (Å²) in [5.41, 5.74) is -0.483. The Kier molecular flexibility index (Phi) is 5.00. The number of ether oxygens (including phenoxy) is 1. The van der Waals surface area contributed by atoms with E-state index in [9.17, 15) is 13.2 Å². The van der Waals surface area contributed by atoms with Gasteiger partial charge in [-0.05, 0) is 26.8 Å². The van der Waals surface area contributed by atoms with Crippen molar-refractivity contribution in [2.75, 3.05) is 13.7 Å². The minimum atomic E-state index is -3.82. The third-order valence-electron chi connectivity index (χ3n) is 2.59. The van der Waals surface area contributed by atoms with Crippen LogP contribution in [0.1, 0.15) is 28.4 Å². The second kappa shape index (κ2) is 5.78. The van der Waals surface area contributed by atoms with E-state index < -0.39 is 14.7 Å². The summed E-state index contributed by atoms with van der Waals surface area (Å²) in [7, 11) is 3.02. The smallest absolute Gasteiger partial charge is 0.262 e. The Balaban J connectivity index is 2.85. The summed E-state index contributed by atoms with van der Waals surface area (Å²) in [5, 5.41) is 2.69. The number of amides is 1. The van der Waals surface area contributed by atoms with Crippen LogP contribution in [-0.4, -0.2) is 33.6 Å². The van der Waals surface area contributed by atoms with E-state index in [0.29, 0.717) is 16.3 Å². The summed E-state index contributed by atoms with van der Waals surface area (Å²) >= 11 is 1.09. The Bertz CT molecular complexity index is 578. The Morgan fingerprint density at radius 3 is 2.53 bits per heavy atom. The standard InChI is InChI=1S/C11H16ClNO4S2/c1-7-9(19(12,15)16)5-8(18-7)10(14)13-6-11(2,3)17-4/h5H,6H2,1-4H3,(H,13,14). The Morgan fingerprint density at radius 2 is 2.11 bits per heavy atom. The molecule has 0 aliphatic rings. The minimum Gasteiger partial charge on any atom is -0.377 e. The van der Waals surface area contributed by atoms with E-state index in [0.717, 1.165) is 11.3 Å². The normalized spacial score (nSPS) is 12.5. The zero-order chi connectivity index (χ0) is 14.8. The van der Waals surface area contributed by atoms with Gasteiger partial charge >= 0.3 is 0 Å². The van der Waals surface area contributed by atoms with E-state index in [-0.39, 0.29) is 10.8 Å². The van der Waals surface area contributed by atoms with Gasteiger partial charge in [0.05, 0.1) is 15.4 Å². The van der Waals surface area contributed by atoms with Crippen LogP contribution in [0.2, 0.25) is 0 Å². The molecule has 0 unspecified atom stereocenters. The highest BCUT2D eigenvalue weighted by Crippen LogP contribution is 2.28. The molecule has 0 fully saturated rings. The van der Waals surface area contributed by atoms with Crippen LogP contribution in [0.3, 0.4) is 0 Å². The van der Waals surface area contributed by atoms with Crippen molar-refractivity contribution in [1.82, 2.24) is 5.32 Å². The maximum Gasteiger partial charge on any atom is 0.262 e. The van der Waals surface area contributed by atoms with Crippen LogP contribution >= 0.6 is 22.0 Å². The molecule has 0 bridgehead atoms. The first-order valence-electron chi connectivity index (χ1n) is 5.45. The van der Waals surface area contributed by atoms with Crippen LogP contribution in [0.15, 0.2) is 11.0 Å². The van der Waals surface area contributed by atoms with Crippen molar-refractivity contribution < 1.29 is 17.9 Å². The highest BCUT2D eigenvalue weighted by molar-refractivity contribution is 8.13. The maximum atomic E-state index is 11.9. The number of methoxy groups -OCH3 is 1. The molecule has 19 heavy (non-hydrogen) atoms. The van der Waals surface area contributed by atoms with E-state index >= 15 is 0 Å². The number of hydrogen-bond acceptors (Lipinski definition) is 5. The van der Waals surface area contributed by atoms with Crippen molar-refractivity contribution in [3.05, 3.63) is 15.8 Å².